The molecule has 0 aliphatic rings. The molecule has 0 saturated heterocycles. The second-order valence-electron chi connectivity index (χ2n) is 7.43. The minimum absolute atomic E-state index is 0.0670. The number of halogens is 2. The van der Waals surface area contributed by atoms with Crippen LogP contribution in [0.15, 0.2) is 77.7 Å². The summed E-state index contributed by atoms with van der Waals surface area (Å²) >= 11 is 11.9. The molecule has 3 aromatic rings. The summed E-state index contributed by atoms with van der Waals surface area (Å²) in [5.74, 6) is -0.610. The van der Waals surface area contributed by atoms with Crippen molar-refractivity contribution in [3.63, 3.8) is 0 Å². The van der Waals surface area contributed by atoms with E-state index in [-0.39, 0.29) is 21.3 Å². The van der Waals surface area contributed by atoms with E-state index in [9.17, 15) is 21.6 Å². The van der Waals surface area contributed by atoms with Gasteiger partial charge in [-0.05, 0) is 54.6 Å². The van der Waals surface area contributed by atoms with Crippen molar-refractivity contribution >= 4 is 66.4 Å². The number of para-hydroxylation sites is 1. The molecular formula is C22H22Cl2N4O5S2. The summed E-state index contributed by atoms with van der Waals surface area (Å²) < 4.78 is 55.2. The molecule has 3 aromatic carbocycles. The lowest BCUT2D eigenvalue weighted by Crippen LogP contribution is -2.44. The number of nitrogens with zero attached hydrogens (tertiary/aromatic N) is 2. The molecule has 0 aromatic heterocycles. The van der Waals surface area contributed by atoms with E-state index in [1.165, 1.54) is 56.6 Å². The molecule has 0 aliphatic heterocycles. The summed E-state index contributed by atoms with van der Waals surface area (Å²) in [6, 6.07) is 17.9. The molecule has 0 aliphatic carbocycles. The van der Waals surface area contributed by atoms with Crippen LogP contribution in [0, 0.1) is 0 Å². The predicted octanol–water partition coefficient (Wildman–Crippen LogP) is 4.05. The SMILES string of the molecule is CN(C)S(=O)(=O)N(CC(=O)Nc1ccc(S(=O)(=O)Nc2ccc(Cl)cc2Cl)cc1)c1ccccc1. The Labute approximate surface area is 214 Å². The van der Waals surface area contributed by atoms with E-state index >= 15 is 0 Å². The first kappa shape index (κ1) is 26.8. The van der Waals surface area contributed by atoms with Gasteiger partial charge in [-0.1, -0.05) is 41.4 Å². The number of sulfonamides is 1. The van der Waals surface area contributed by atoms with E-state index in [2.05, 4.69) is 10.0 Å². The Hall–Kier alpha value is -2.83. The van der Waals surface area contributed by atoms with Gasteiger partial charge in [0.25, 0.3) is 10.0 Å². The molecule has 0 fully saturated rings. The van der Waals surface area contributed by atoms with Crippen LogP contribution in [0.25, 0.3) is 0 Å². The monoisotopic (exact) mass is 556 g/mol. The molecule has 9 nitrogen and oxygen atoms in total. The molecular weight excluding hydrogens is 535 g/mol. The molecule has 0 spiro atoms. The van der Waals surface area contributed by atoms with E-state index < -0.39 is 32.7 Å². The van der Waals surface area contributed by atoms with Crippen LogP contribution >= 0.6 is 23.2 Å². The fraction of sp³-hybridized carbons (Fsp3) is 0.136. The summed E-state index contributed by atoms with van der Waals surface area (Å²) in [5, 5.41) is 3.08. The zero-order valence-electron chi connectivity index (χ0n) is 18.6. The van der Waals surface area contributed by atoms with Crippen LogP contribution in [-0.4, -0.2) is 47.7 Å². The van der Waals surface area contributed by atoms with Crippen molar-refractivity contribution in [1.29, 1.82) is 0 Å². The van der Waals surface area contributed by atoms with Crippen LogP contribution < -0.4 is 14.3 Å². The van der Waals surface area contributed by atoms with E-state index in [0.29, 0.717) is 10.7 Å². The quantitative estimate of drug-likeness (QED) is 0.412. The van der Waals surface area contributed by atoms with Gasteiger partial charge in [0.1, 0.15) is 6.54 Å². The van der Waals surface area contributed by atoms with Crippen LogP contribution in [-0.2, 0) is 25.0 Å². The lowest BCUT2D eigenvalue weighted by atomic mass is 10.3. The summed E-state index contributed by atoms with van der Waals surface area (Å²) in [5.41, 5.74) is 0.773. The zero-order chi connectivity index (χ0) is 25.8. The third-order valence-corrected chi connectivity index (χ3v) is 8.44. The molecule has 0 saturated carbocycles. The topological polar surface area (TPSA) is 116 Å². The Kier molecular flexibility index (Phi) is 8.29. The number of amides is 1. The predicted molar refractivity (Wildman–Crippen MR) is 139 cm³/mol. The van der Waals surface area contributed by atoms with E-state index in [0.717, 1.165) is 8.61 Å². The maximum absolute atomic E-state index is 12.7. The average molecular weight is 557 g/mol. The molecule has 0 unspecified atom stereocenters. The standard InChI is InChI=1S/C22H22Cl2N4O5S2/c1-27(2)35(32,33)28(18-6-4-3-5-7-18)15-22(29)25-17-9-11-19(12-10-17)34(30,31)26-21-13-8-16(23)14-20(21)24/h3-14,26H,15H2,1-2H3,(H,25,29). The minimum Gasteiger partial charge on any atom is -0.325 e. The third kappa shape index (κ3) is 6.65. The maximum atomic E-state index is 12.7. The van der Waals surface area contributed by atoms with Crippen molar-refractivity contribution in [2.24, 2.45) is 0 Å². The highest BCUT2D eigenvalue weighted by Gasteiger charge is 2.27. The molecule has 0 radical (unpaired) electrons. The second kappa shape index (κ2) is 10.8. The van der Waals surface area contributed by atoms with Crippen LogP contribution in [0.5, 0.6) is 0 Å². The summed E-state index contributed by atoms with van der Waals surface area (Å²) in [6.07, 6.45) is 0. The molecule has 13 heteroatoms. The van der Waals surface area contributed by atoms with Crippen molar-refractivity contribution in [2.45, 2.75) is 4.90 Å². The number of carbonyl (C=O) groups is 1. The molecule has 0 atom stereocenters. The summed E-state index contributed by atoms with van der Waals surface area (Å²) in [7, 11) is -5.17. The smallest absolute Gasteiger partial charge is 0.304 e. The number of rotatable bonds is 9. The van der Waals surface area contributed by atoms with Gasteiger partial charge in [0.15, 0.2) is 0 Å². The van der Waals surface area contributed by atoms with Crippen LogP contribution in [0.4, 0.5) is 17.1 Å². The first-order valence-corrected chi connectivity index (χ1v) is 13.7. The normalized spacial score (nSPS) is 11.8. The first-order valence-electron chi connectivity index (χ1n) is 10.0. The Morgan fingerprint density at radius 3 is 2.09 bits per heavy atom. The number of nitrogens with one attached hydrogen (secondary N) is 2. The van der Waals surface area contributed by atoms with Crippen molar-refractivity contribution in [3.05, 3.63) is 82.8 Å². The van der Waals surface area contributed by atoms with Gasteiger partial charge >= 0.3 is 10.2 Å². The summed E-state index contributed by atoms with van der Waals surface area (Å²) in [6.45, 7) is -0.485. The molecule has 2 N–H and O–H groups in total. The van der Waals surface area contributed by atoms with Gasteiger partial charge < -0.3 is 5.32 Å². The Morgan fingerprint density at radius 1 is 0.886 bits per heavy atom. The fourth-order valence-corrected chi connectivity index (χ4v) is 5.58. The van der Waals surface area contributed by atoms with Gasteiger partial charge in [-0.25, -0.2) is 12.7 Å². The lowest BCUT2D eigenvalue weighted by Gasteiger charge is -2.26. The Balaban J connectivity index is 1.74. The Bertz CT molecular complexity index is 1420. The van der Waals surface area contributed by atoms with Gasteiger partial charge in [-0.15, -0.1) is 0 Å². The van der Waals surface area contributed by atoms with E-state index in [1.54, 1.807) is 30.3 Å². The van der Waals surface area contributed by atoms with Gasteiger partial charge in [0.2, 0.25) is 5.91 Å². The van der Waals surface area contributed by atoms with E-state index in [1.807, 2.05) is 0 Å². The number of hydrogen-bond donors (Lipinski definition) is 2. The maximum Gasteiger partial charge on any atom is 0.304 e. The molecule has 186 valence electrons. The summed E-state index contributed by atoms with van der Waals surface area (Å²) in [4.78, 5) is 12.6. The van der Waals surface area contributed by atoms with Crippen LogP contribution in [0.3, 0.4) is 0 Å². The zero-order valence-corrected chi connectivity index (χ0v) is 21.8. The minimum atomic E-state index is -3.96. The number of anilines is 3. The Morgan fingerprint density at radius 2 is 1.51 bits per heavy atom. The van der Waals surface area contributed by atoms with Crippen molar-refractivity contribution in [1.82, 2.24) is 4.31 Å². The fourth-order valence-electron chi connectivity index (χ4n) is 2.92. The molecule has 0 bridgehead atoms. The molecule has 1 amide bonds. The molecule has 0 heterocycles. The van der Waals surface area contributed by atoms with Crippen molar-refractivity contribution in [3.8, 4) is 0 Å². The second-order valence-corrected chi connectivity index (χ2v) is 12.0. The van der Waals surface area contributed by atoms with Gasteiger partial charge in [0.05, 0.1) is 21.3 Å². The van der Waals surface area contributed by atoms with Gasteiger partial charge in [0, 0.05) is 24.8 Å². The number of carbonyl (C=O) groups excluding carboxylic acids is 1. The first-order chi connectivity index (χ1) is 16.4. The lowest BCUT2D eigenvalue weighted by molar-refractivity contribution is -0.114. The highest BCUT2D eigenvalue weighted by Crippen LogP contribution is 2.28. The highest BCUT2D eigenvalue weighted by molar-refractivity contribution is 7.92. The molecule has 3 rings (SSSR count). The van der Waals surface area contributed by atoms with Gasteiger partial charge in [-0.2, -0.15) is 12.7 Å². The average Bonchev–Trinajstić information content (AvgIpc) is 2.80. The van der Waals surface area contributed by atoms with Crippen molar-refractivity contribution in [2.75, 3.05) is 35.0 Å². The van der Waals surface area contributed by atoms with Crippen molar-refractivity contribution < 1.29 is 21.6 Å². The third-order valence-electron chi connectivity index (χ3n) is 4.70. The molecule has 35 heavy (non-hydrogen) atoms. The van der Waals surface area contributed by atoms with Crippen LogP contribution in [0.1, 0.15) is 0 Å². The van der Waals surface area contributed by atoms with Crippen LogP contribution in [0.2, 0.25) is 10.0 Å². The largest absolute Gasteiger partial charge is 0.325 e. The highest BCUT2D eigenvalue weighted by atomic mass is 35.5. The van der Waals surface area contributed by atoms with Gasteiger partial charge in [-0.3, -0.25) is 9.52 Å². The number of hydrogen-bond acceptors (Lipinski definition) is 5. The van der Waals surface area contributed by atoms with E-state index in [4.69, 9.17) is 23.2 Å². The number of benzene rings is 3.